The molecule has 1 atom stereocenters. The summed E-state index contributed by atoms with van der Waals surface area (Å²) >= 11 is 0. The van der Waals surface area contributed by atoms with E-state index in [1.807, 2.05) is 60.7 Å². The van der Waals surface area contributed by atoms with E-state index in [1.54, 1.807) is 0 Å². The van der Waals surface area contributed by atoms with Gasteiger partial charge in [0.15, 0.2) is 7.14 Å². The van der Waals surface area contributed by atoms with Gasteiger partial charge in [-0.1, -0.05) is 103 Å². The van der Waals surface area contributed by atoms with Crippen molar-refractivity contribution >= 4 is 66.8 Å². The van der Waals surface area contributed by atoms with Crippen molar-refractivity contribution in [1.29, 1.82) is 0 Å². The average molecular weight is 532 g/mol. The monoisotopic (exact) mass is 531 g/mol. The summed E-state index contributed by atoms with van der Waals surface area (Å²) in [4.78, 5) is 0. The molecule has 0 N–H and O–H groups in total. The Morgan fingerprint density at radius 2 is 1.27 bits per heavy atom. The molecule has 0 aliphatic carbocycles. The molecule has 0 fully saturated rings. The maximum Gasteiger partial charge on any atom is 0.172 e. The van der Waals surface area contributed by atoms with Crippen LogP contribution in [0, 0.1) is 0 Å². The summed E-state index contributed by atoms with van der Waals surface area (Å²) in [5, 5.41) is 7.16. The number of benzene rings is 6. The highest BCUT2D eigenvalue weighted by Crippen LogP contribution is 2.55. The molecule has 188 valence electrons. The van der Waals surface area contributed by atoms with Crippen LogP contribution in [0.25, 0.3) is 60.6 Å². The van der Waals surface area contributed by atoms with Crippen LogP contribution in [0.1, 0.15) is 0 Å². The van der Waals surface area contributed by atoms with Crippen LogP contribution >= 0.6 is 7.14 Å². The third-order valence-electron chi connectivity index (χ3n) is 8.41. The summed E-state index contributed by atoms with van der Waals surface area (Å²) in [5.41, 5.74) is 7.08. The van der Waals surface area contributed by atoms with E-state index >= 15 is 4.57 Å². The predicted molar refractivity (Wildman–Crippen MR) is 166 cm³/mol. The van der Waals surface area contributed by atoms with E-state index in [9.17, 15) is 0 Å². The van der Waals surface area contributed by atoms with Gasteiger partial charge in [-0.2, -0.15) is 0 Å². The van der Waals surface area contributed by atoms with E-state index in [4.69, 9.17) is 4.42 Å². The molecule has 1 aliphatic heterocycles. The van der Waals surface area contributed by atoms with Gasteiger partial charge in [0.25, 0.3) is 0 Å². The lowest BCUT2D eigenvalue weighted by atomic mass is 10.0. The lowest BCUT2D eigenvalue weighted by molar-refractivity contribution is 0.593. The number of para-hydroxylation sites is 2. The Balaban J connectivity index is 1.51. The molecule has 0 bridgehead atoms. The molecule has 4 heteroatoms. The van der Waals surface area contributed by atoms with Crippen molar-refractivity contribution in [2.45, 2.75) is 0 Å². The predicted octanol–water partition coefficient (Wildman–Crippen LogP) is 8.30. The molecule has 0 spiro atoms. The first kappa shape index (κ1) is 22.0. The maximum absolute atomic E-state index is 15.3. The summed E-state index contributed by atoms with van der Waals surface area (Å²) < 4.78 is 24.0. The van der Waals surface area contributed by atoms with Crippen molar-refractivity contribution in [3.8, 4) is 16.8 Å². The fourth-order valence-corrected chi connectivity index (χ4v) is 9.83. The lowest BCUT2D eigenvalue weighted by Crippen LogP contribution is -2.20. The van der Waals surface area contributed by atoms with Crippen molar-refractivity contribution < 1.29 is 8.98 Å². The summed E-state index contributed by atoms with van der Waals surface area (Å²) in [5.74, 6) is 0. The van der Waals surface area contributed by atoms with Crippen LogP contribution in [-0.2, 0) is 4.57 Å². The number of fused-ring (bicyclic) bond motifs is 10. The molecule has 0 radical (unpaired) electrons. The first-order valence-electron chi connectivity index (χ1n) is 13.5. The van der Waals surface area contributed by atoms with Crippen LogP contribution in [-0.4, -0.2) is 4.57 Å². The zero-order valence-electron chi connectivity index (χ0n) is 21.4. The van der Waals surface area contributed by atoms with Crippen LogP contribution in [0.2, 0.25) is 0 Å². The van der Waals surface area contributed by atoms with Gasteiger partial charge in [-0.15, -0.1) is 0 Å². The Morgan fingerprint density at radius 3 is 2.17 bits per heavy atom. The smallest absolute Gasteiger partial charge is 0.172 e. The van der Waals surface area contributed by atoms with Crippen LogP contribution in [0.15, 0.2) is 138 Å². The molecule has 0 saturated heterocycles. The Hall–Kier alpha value is -4.85. The molecule has 1 aliphatic rings. The topological polar surface area (TPSA) is 35.1 Å². The molecule has 3 heterocycles. The van der Waals surface area contributed by atoms with Gasteiger partial charge >= 0.3 is 0 Å². The van der Waals surface area contributed by atoms with Crippen LogP contribution < -0.4 is 15.9 Å². The molecule has 2 aromatic heterocycles. The number of nitrogens with zero attached hydrogens (tertiary/aromatic N) is 1. The summed E-state index contributed by atoms with van der Waals surface area (Å²) in [6, 6.07) is 45.5. The first-order valence-corrected chi connectivity index (χ1v) is 15.2. The van der Waals surface area contributed by atoms with Crippen molar-refractivity contribution in [2.75, 3.05) is 0 Å². The van der Waals surface area contributed by atoms with Gasteiger partial charge in [0, 0.05) is 37.6 Å². The highest BCUT2D eigenvalue weighted by molar-refractivity contribution is 7.86. The van der Waals surface area contributed by atoms with Crippen molar-refractivity contribution in [2.24, 2.45) is 0 Å². The molecule has 8 aromatic rings. The van der Waals surface area contributed by atoms with Gasteiger partial charge in [0.2, 0.25) is 0 Å². The summed E-state index contributed by atoms with van der Waals surface area (Å²) in [6.07, 6.45) is 0. The molecule has 6 aromatic carbocycles. The van der Waals surface area contributed by atoms with E-state index in [2.05, 4.69) is 77.4 Å². The second-order valence-electron chi connectivity index (χ2n) is 10.4. The zero-order valence-corrected chi connectivity index (χ0v) is 22.3. The largest absolute Gasteiger partial charge is 0.456 e. The molecule has 0 saturated carbocycles. The highest BCUT2D eigenvalue weighted by atomic mass is 31.2. The molecular weight excluding hydrogens is 509 g/mol. The Morgan fingerprint density at radius 1 is 0.550 bits per heavy atom. The zero-order chi connectivity index (χ0) is 26.4. The molecular formula is C36H22NO2P. The maximum atomic E-state index is 15.3. The van der Waals surface area contributed by atoms with E-state index < -0.39 is 7.14 Å². The van der Waals surface area contributed by atoms with E-state index in [1.165, 1.54) is 5.39 Å². The number of hydrogen-bond donors (Lipinski definition) is 0. The Labute approximate surface area is 230 Å². The van der Waals surface area contributed by atoms with Gasteiger partial charge in [0.1, 0.15) is 11.2 Å². The number of rotatable bonds is 2. The third-order valence-corrected chi connectivity index (χ3v) is 11.6. The second kappa shape index (κ2) is 7.85. The van der Waals surface area contributed by atoms with Crippen LogP contribution in [0.4, 0.5) is 0 Å². The fourth-order valence-electron chi connectivity index (χ4n) is 6.77. The molecule has 1 unspecified atom stereocenters. The molecule has 40 heavy (non-hydrogen) atoms. The Kier molecular flexibility index (Phi) is 4.32. The minimum absolute atomic E-state index is 0.854. The summed E-state index contributed by atoms with van der Waals surface area (Å²) in [6.45, 7) is 0. The van der Waals surface area contributed by atoms with Crippen molar-refractivity contribution in [3.05, 3.63) is 133 Å². The van der Waals surface area contributed by atoms with E-state index in [-0.39, 0.29) is 0 Å². The van der Waals surface area contributed by atoms with Crippen molar-refractivity contribution in [3.63, 3.8) is 0 Å². The van der Waals surface area contributed by atoms with Crippen LogP contribution in [0.3, 0.4) is 0 Å². The quantitative estimate of drug-likeness (QED) is 0.210. The highest BCUT2D eigenvalue weighted by Gasteiger charge is 2.41. The van der Waals surface area contributed by atoms with E-state index in [0.29, 0.717) is 0 Å². The number of hydrogen-bond acceptors (Lipinski definition) is 2. The van der Waals surface area contributed by atoms with Gasteiger partial charge < -0.3 is 13.5 Å². The number of furan rings is 1. The Bertz CT molecular complexity index is 2360. The summed E-state index contributed by atoms with van der Waals surface area (Å²) in [7, 11) is -3.07. The number of aromatic nitrogens is 1. The lowest BCUT2D eigenvalue weighted by Gasteiger charge is -2.16. The van der Waals surface area contributed by atoms with Gasteiger partial charge in [-0.3, -0.25) is 0 Å². The van der Waals surface area contributed by atoms with Gasteiger partial charge in [-0.25, -0.2) is 0 Å². The SMILES string of the molecule is O=P1(c2ccccc2)c2ccccc2-c2c1ccc1c3ccccc3n(-c3cccc4oc5ccccc5c34)c21. The normalized spacial score (nSPS) is 16.2. The fraction of sp³-hybridized carbons (Fsp3) is 0. The molecule has 0 amide bonds. The van der Waals surface area contributed by atoms with Gasteiger partial charge in [-0.05, 0) is 35.9 Å². The van der Waals surface area contributed by atoms with E-state index in [0.717, 1.165) is 71.1 Å². The molecule has 9 rings (SSSR count). The van der Waals surface area contributed by atoms with Gasteiger partial charge in [0.05, 0.1) is 22.1 Å². The third kappa shape index (κ3) is 2.68. The first-order chi connectivity index (χ1) is 19.7. The second-order valence-corrected chi connectivity index (χ2v) is 13.1. The van der Waals surface area contributed by atoms with Crippen molar-refractivity contribution in [1.82, 2.24) is 4.57 Å². The minimum atomic E-state index is -3.07. The average Bonchev–Trinajstić information content (AvgIpc) is 3.65. The standard InChI is InChI=1S/C36H22NO2P/c38-40(23-11-2-1-3-12-23)32-20-9-6-15-27(32)35-33(40)22-21-25-24-13-4-7-16-28(24)37(36(25)35)29-17-10-19-31-34(29)26-14-5-8-18-30(26)39-31/h1-22H. The minimum Gasteiger partial charge on any atom is -0.456 e. The van der Waals surface area contributed by atoms with Crippen LogP contribution in [0.5, 0.6) is 0 Å². The molecule has 3 nitrogen and oxygen atoms in total.